The molecule has 1 aromatic carbocycles. The number of amides is 1. The summed E-state index contributed by atoms with van der Waals surface area (Å²) in [6, 6.07) is 9.18. The molecule has 0 radical (unpaired) electrons. The van der Waals surface area contributed by atoms with Gasteiger partial charge in [-0.3, -0.25) is 4.79 Å². The smallest absolute Gasteiger partial charge is 0.340 e. The van der Waals surface area contributed by atoms with Gasteiger partial charge in [0.15, 0.2) is 12.3 Å². The second-order valence-corrected chi connectivity index (χ2v) is 8.34. The molecule has 4 rings (SSSR count). The number of ether oxygens (including phenoxy) is 1. The molecule has 3 heterocycles. The molecule has 0 saturated heterocycles. The van der Waals surface area contributed by atoms with Gasteiger partial charge in [0, 0.05) is 34.3 Å². The van der Waals surface area contributed by atoms with Crippen LogP contribution < -0.4 is 5.32 Å². The minimum atomic E-state index is -0.617. The summed E-state index contributed by atoms with van der Waals surface area (Å²) >= 11 is 1.57. The van der Waals surface area contributed by atoms with Crippen LogP contribution in [-0.2, 0) is 9.53 Å². The van der Waals surface area contributed by atoms with Crippen LogP contribution in [0.15, 0.2) is 48.1 Å². The van der Waals surface area contributed by atoms with Crippen LogP contribution in [0.4, 0.5) is 5.69 Å². The van der Waals surface area contributed by atoms with Gasteiger partial charge in [-0.2, -0.15) is 5.10 Å². The number of carbonyl (C=O) groups excluding carboxylic acids is 2. The first-order chi connectivity index (χ1) is 14.9. The molecule has 0 aliphatic rings. The number of pyridine rings is 1. The standard InChI is InChI=1S/C22H21N5O3S/c1-13(2)27-21-16(10-24-27)7-17(9-23-21)22(29)30-11-20(28)26-18-6-4-5-15(8-18)19-12-31-14(3)25-19/h4-10,12-13H,11H2,1-3H3,(H,26,28). The number of nitrogens with one attached hydrogen (secondary N) is 1. The second kappa shape index (κ2) is 8.65. The normalized spacial score (nSPS) is 11.1. The van der Waals surface area contributed by atoms with E-state index >= 15 is 0 Å². The summed E-state index contributed by atoms with van der Waals surface area (Å²) in [5.74, 6) is -1.05. The molecule has 3 aromatic heterocycles. The first kappa shape index (κ1) is 20.7. The van der Waals surface area contributed by atoms with E-state index in [1.54, 1.807) is 34.3 Å². The molecule has 0 spiro atoms. The third kappa shape index (κ3) is 4.61. The summed E-state index contributed by atoms with van der Waals surface area (Å²) in [7, 11) is 0. The molecule has 158 valence electrons. The number of aryl methyl sites for hydroxylation is 1. The van der Waals surface area contributed by atoms with E-state index in [0.29, 0.717) is 11.3 Å². The van der Waals surface area contributed by atoms with E-state index in [1.165, 1.54) is 6.20 Å². The number of thiazole rings is 1. The Morgan fingerprint density at radius 1 is 1.23 bits per heavy atom. The number of benzene rings is 1. The van der Waals surface area contributed by atoms with E-state index in [1.807, 2.05) is 44.4 Å². The molecule has 0 bridgehead atoms. The van der Waals surface area contributed by atoms with Gasteiger partial charge in [-0.05, 0) is 39.0 Å². The van der Waals surface area contributed by atoms with Crippen LogP contribution >= 0.6 is 11.3 Å². The fraction of sp³-hybridized carbons (Fsp3) is 0.227. The summed E-state index contributed by atoms with van der Waals surface area (Å²) in [6.45, 7) is 5.55. The number of hydrogen-bond acceptors (Lipinski definition) is 7. The number of rotatable bonds is 6. The lowest BCUT2D eigenvalue weighted by Gasteiger charge is -2.08. The van der Waals surface area contributed by atoms with Crippen molar-refractivity contribution < 1.29 is 14.3 Å². The first-order valence-corrected chi connectivity index (χ1v) is 10.6. The number of esters is 1. The summed E-state index contributed by atoms with van der Waals surface area (Å²) in [6.07, 6.45) is 3.09. The molecule has 9 heteroatoms. The maximum Gasteiger partial charge on any atom is 0.340 e. The molecular weight excluding hydrogens is 414 g/mol. The predicted molar refractivity (Wildman–Crippen MR) is 119 cm³/mol. The van der Waals surface area contributed by atoms with Gasteiger partial charge in [0.2, 0.25) is 0 Å². The number of hydrogen-bond donors (Lipinski definition) is 1. The molecule has 1 N–H and O–H groups in total. The maximum absolute atomic E-state index is 12.4. The van der Waals surface area contributed by atoms with Crippen LogP contribution in [0, 0.1) is 6.92 Å². The summed E-state index contributed by atoms with van der Waals surface area (Å²) in [5, 5.41) is 10.7. The Morgan fingerprint density at radius 2 is 2.06 bits per heavy atom. The quantitative estimate of drug-likeness (QED) is 0.455. The van der Waals surface area contributed by atoms with Crippen molar-refractivity contribution in [3.8, 4) is 11.3 Å². The van der Waals surface area contributed by atoms with Crippen molar-refractivity contribution in [3.63, 3.8) is 0 Å². The van der Waals surface area contributed by atoms with Crippen LogP contribution in [0.5, 0.6) is 0 Å². The first-order valence-electron chi connectivity index (χ1n) is 9.73. The van der Waals surface area contributed by atoms with Gasteiger partial charge in [-0.1, -0.05) is 12.1 Å². The average molecular weight is 436 g/mol. The number of aromatic nitrogens is 4. The van der Waals surface area contributed by atoms with Crippen molar-refractivity contribution >= 4 is 39.9 Å². The van der Waals surface area contributed by atoms with Crippen LogP contribution in [0.1, 0.15) is 35.3 Å². The zero-order valence-corrected chi connectivity index (χ0v) is 18.1. The molecule has 0 atom stereocenters. The van der Waals surface area contributed by atoms with Crippen molar-refractivity contribution in [2.24, 2.45) is 0 Å². The summed E-state index contributed by atoms with van der Waals surface area (Å²) in [4.78, 5) is 33.4. The van der Waals surface area contributed by atoms with Gasteiger partial charge in [-0.15, -0.1) is 11.3 Å². The summed E-state index contributed by atoms with van der Waals surface area (Å²) in [5.41, 5.74) is 3.33. The molecule has 0 fully saturated rings. The lowest BCUT2D eigenvalue weighted by Crippen LogP contribution is -2.21. The second-order valence-electron chi connectivity index (χ2n) is 7.28. The lowest BCUT2D eigenvalue weighted by molar-refractivity contribution is -0.119. The molecule has 4 aromatic rings. The van der Waals surface area contributed by atoms with Crippen molar-refractivity contribution in [2.75, 3.05) is 11.9 Å². The van der Waals surface area contributed by atoms with Gasteiger partial charge in [0.25, 0.3) is 5.91 Å². The van der Waals surface area contributed by atoms with Gasteiger partial charge in [-0.25, -0.2) is 19.4 Å². The highest BCUT2D eigenvalue weighted by atomic mass is 32.1. The highest BCUT2D eigenvalue weighted by molar-refractivity contribution is 7.09. The third-order valence-electron chi connectivity index (χ3n) is 4.55. The molecule has 1 amide bonds. The van der Waals surface area contributed by atoms with Crippen LogP contribution in [0.25, 0.3) is 22.3 Å². The van der Waals surface area contributed by atoms with Crippen LogP contribution in [0.3, 0.4) is 0 Å². The Bertz CT molecular complexity index is 1260. The topological polar surface area (TPSA) is 99.0 Å². The summed E-state index contributed by atoms with van der Waals surface area (Å²) < 4.78 is 6.93. The maximum atomic E-state index is 12.4. The van der Waals surface area contributed by atoms with Crippen molar-refractivity contribution in [1.82, 2.24) is 19.7 Å². The Hall–Kier alpha value is -3.59. The Balaban J connectivity index is 1.37. The van der Waals surface area contributed by atoms with E-state index in [4.69, 9.17) is 4.74 Å². The molecule has 31 heavy (non-hydrogen) atoms. The molecule has 0 saturated carbocycles. The van der Waals surface area contributed by atoms with Gasteiger partial charge < -0.3 is 10.1 Å². The minimum Gasteiger partial charge on any atom is -0.452 e. The number of nitrogens with zero attached hydrogens (tertiary/aromatic N) is 4. The molecule has 0 unspecified atom stereocenters. The molecule has 0 aliphatic heterocycles. The highest BCUT2D eigenvalue weighted by Gasteiger charge is 2.14. The Morgan fingerprint density at radius 3 is 2.81 bits per heavy atom. The number of carbonyl (C=O) groups is 2. The average Bonchev–Trinajstić information content (AvgIpc) is 3.38. The van der Waals surface area contributed by atoms with E-state index < -0.39 is 18.5 Å². The van der Waals surface area contributed by atoms with Gasteiger partial charge in [0.05, 0.1) is 22.5 Å². The zero-order chi connectivity index (χ0) is 22.0. The van der Waals surface area contributed by atoms with E-state index in [0.717, 1.165) is 21.7 Å². The molecule has 8 nitrogen and oxygen atoms in total. The third-order valence-corrected chi connectivity index (χ3v) is 5.33. The van der Waals surface area contributed by atoms with Crippen LogP contribution in [0.2, 0.25) is 0 Å². The van der Waals surface area contributed by atoms with Crippen molar-refractivity contribution in [3.05, 3.63) is 58.7 Å². The minimum absolute atomic E-state index is 0.157. The molecular formula is C22H21N5O3S. The zero-order valence-electron chi connectivity index (χ0n) is 17.3. The van der Waals surface area contributed by atoms with E-state index in [-0.39, 0.29) is 11.6 Å². The largest absolute Gasteiger partial charge is 0.452 e. The predicted octanol–water partition coefficient (Wildman–Crippen LogP) is 4.24. The molecule has 0 aliphatic carbocycles. The van der Waals surface area contributed by atoms with E-state index in [2.05, 4.69) is 20.4 Å². The van der Waals surface area contributed by atoms with Gasteiger partial charge >= 0.3 is 5.97 Å². The highest BCUT2D eigenvalue weighted by Crippen LogP contribution is 2.24. The SMILES string of the molecule is Cc1nc(-c2cccc(NC(=O)COC(=O)c3cnc4c(cnn4C(C)C)c3)c2)cs1. The number of anilines is 1. The fourth-order valence-corrected chi connectivity index (χ4v) is 3.72. The Labute approximate surface area is 182 Å². The van der Waals surface area contributed by atoms with Gasteiger partial charge in [0.1, 0.15) is 0 Å². The van der Waals surface area contributed by atoms with E-state index in [9.17, 15) is 9.59 Å². The van der Waals surface area contributed by atoms with Crippen LogP contribution in [-0.4, -0.2) is 38.2 Å². The fourth-order valence-electron chi connectivity index (χ4n) is 3.09. The number of fused-ring (bicyclic) bond motifs is 1. The van der Waals surface area contributed by atoms with Crippen molar-refractivity contribution in [1.29, 1.82) is 0 Å². The monoisotopic (exact) mass is 435 g/mol. The Kier molecular flexibility index (Phi) is 5.77. The van der Waals surface area contributed by atoms with Crippen molar-refractivity contribution in [2.45, 2.75) is 26.8 Å². The lowest BCUT2D eigenvalue weighted by atomic mass is 10.1.